The molecule has 0 radical (unpaired) electrons. The summed E-state index contributed by atoms with van der Waals surface area (Å²) in [5.41, 5.74) is 2.29. The van der Waals surface area contributed by atoms with E-state index < -0.39 is 0 Å². The fourth-order valence-corrected chi connectivity index (χ4v) is 3.84. The van der Waals surface area contributed by atoms with Gasteiger partial charge >= 0.3 is 0 Å². The molecule has 1 saturated carbocycles. The maximum atomic E-state index is 12.6. The molecule has 6 nitrogen and oxygen atoms in total. The minimum absolute atomic E-state index is 0.0486. The molecular formula is C22H30N4O2. The first-order valence-electron chi connectivity index (χ1n) is 10.5. The van der Waals surface area contributed by atoms with Crippen molar-refractivity contribution in [1.29, 1.82) is 0 Å². The molecule has 28 heavy (non-hydrogen) atoms. The molecule has 1 saturated heterocycles. The number of aromatic nitrogens is 2. The van der Waals surface area contributed by atoms with Crippen molar-refractivity contribution in [3.05, 3.63) is 41.7 Å². The third kappa shape index (κ3) is 4.55. The number of carbonyl (C=O) groups is 1. The van der Waals surface area contributed by atoms with Crippen LogP contribution in [0.25, 0.3) is 5.69 Å². The average Bonchev–Trinajstić information content (AvgIpc) is 3.32. The molecule has 2 fully saturated rings. The molecule has 1 aromatic carbocycles. The molecule has 150 valence electrons. The van der Waals surface area contributed by atoms with Crippen molar-refractivity contribution < 1.29 is 9.53 Å². The highest BCUT2D eigenvalue weighted by atomic mass is 16.5. The predicted octanol–water partition coefficient (Wildman–Crippen LogP) is 3.33. The second-order valence-electron chi connectivity index (χ2n) is 7.93. The highest BCUT2D eigenvalue weighted by Gasteiger charge is 2.23. The van der Waals surface area contributed by atoms with Crippen LogP contribution in [0.4, 0.5) is 0 Å². The zero-order valence-electron chi connectivity index (χ0n) is 16.7. The van der Waals surface area contributed by atoms with Crippen molar-refractivity contribution in [2.24, 2.45) is 0 Å². The summed E-state index contributed by atoms with van der Waals surface area (Å²) in [4.78, 5) is 15.1. The van der Waals surface area contributed by atoms with E-state index in [4.69, 9.17) is 4.74 Å². The minimum Gasteiger partial charge on any atom is -0.494 e. The number of aryl methyl sites for hydroxylation is 1. The van der Waals surface area contributed by atoms with E-state index in [0.717, 1.165) is 49.5 Å². The molecular weight excluding hydrogens is 352 g/mol. The standard InChI is InChI=1S/C22H30N4O2/c1-17-16-21(22(27)23-18-6-4-7-18)26(24-17)19-8-10-20(11-9-19)28-15-5-14-25-12-2-3-13-25/h8-11,16,18H,2-7,12-15H2,1H3,(H,23,27). The van der Waals surface area contributed by atoms with Gasteiger partial charge in [-0.1, -0.05) is 0 Å². The first-order valence-corrected chi connectivity index (χ1v) is 10.5. The Morgan fingerprint density at radius 3 is 2.61 bits per heavy atom. The largest absolute Gasteiger partial charge is 0.494 e. The Labute approximate surface area is 166 Å². The normalized spacial score (nSPS) is 17.5. The third-order valence-electron chi connectivity index (χ3n) is 5.67. The zero-order chi connectivity index (χ0) is 19.3. The van der Waals surface area contributed by atoms with Crippen molar-refractivity contribution in [3.8, 4) is 11.4 Å². The van der Waals surface area contributed by atoms with Gasteiger partial charge in [-0.3, -0.25) is 4.79 Å². The van der Waals surface area contributed by atoms with Gasteiger partial charge in [0.05, 0.1) is 18.0 Å². The topological polar surface area (TPSA) is 59.4 Å². The van der Waals surface area contributed by atoms with Gasteiger partial charge < -0.3 is 15.0 Å². The molecule has 0 spiro atoms. The molecule has 1 aliphatic heterocycles. The van der Waals surface area contributed by atoms with Gasteiger partial charge in [-0.15, -0.1) is 0 Å². The summed E-state index contributed by atoms with van der Waals surface area (Å²) in [6, 6.07) is 9.99. The lowest BCUT2D eigenvalue weighted by atomic mass is 9.93. The maximum Gasteiger partial charge on any atom is 0.270 e. The van der Waals surface area contributed by atoms with Crippen LogP contribution in [0.15, 0.2) is 30.3 Å². The lowest BCUT2D eigenvalue weighted by molar-refractivity contribution is 0.0909. The first-order chi connectivity index (χ1) is 13.7. The van der Waals surface area contributed by atoms with E-state index in [2.05, 4.69) is 15.3 Å². The summed E-state index contributed by atoms with van der Waals surface area (Å²) in [5.74, 6) is 0.807. The van der Waals surface area contributed by atoms with Crippen molar-refractivity contribution in [2.75, 3.05) is 26.2 Å². The van der Waals surface area contributed by atoms with Gasteiger partial charge in [0.25, 0.3) is 5.91 Å². The van der Waals surface area contributed by atoms with E-state index in [1.165, 1.54) is 32.4 Å². The van der Waals surface area contributed by atoms with Crippen LogP contribution >= 0.6 is 0 Å². The Hall–Kier alpha value is -2.34. The third-order valence-corrected chi connectivity index (χ3v) is 5.67. The zero-order valence-corrected chi connectivity index (χ0v) is 16.7. The van der Waals surface area contributed by atoms with Crippen LogP contribution in [0, 0.1) is 6.92 Å². The van der Waals surface area contributed by atoms with E-state index in [-0.39, 0.29) is 5.91 Å². The Morgan fingerprint density at radius 1 is 1.18 bits per heavy atom. The Kier molecular flexibility index (Phi) is 5.95. The molecule has 2 aliphatic rings. The molecule has 2 aromatic rings. The number of hydrogen-bond donors (Lipinski definition) is 1. The Bertz CT molecular complexity index is 789. The predicted molar refractivity (Wildman–Crippen MR) is 109 cm³/mol. The number of nitrogens with one attached hydrogen (secondary N) is 1. The average molecular weight is 383 g/mol. The first kappa shape index (κ1) is 19.0. The molecule has 1 aromatic heterocycles. The number of likely N-dealkylation sites (tertiary alicyclic amines) is 1. The molecule has 0 unspecified atom stereocenters. The van der Waals surface area contributed by atoms with Crippen LogP contribution in [-0.4, -0.2) is 52.9 Å². The van der Waals surface area contributed by atoms with Gasteiger partial charge in [0.2, 0.25) is 0 Å². The van der Waals surface area contributed by atoms with Crippen LogP contribution in [0.5, 0.6) is 5.75 Å². The number of carbonyl (C=O) groups excluding carboxylic acids is 1. The van der Waals surface area contributed by atoms with E-state index >= 15 is 0 Å². The molecule has 1 aliphatic carbocycles. The molecule has 4 rings (SSSR count). The molecule has 1 N–H and O–H groups in total. The number of amides is 1. The van der Waals surface area contributed by atoms with Crippen molar-refractivity contribution in [2.45, 2.75) is 51.5 Å². The van der Waals surface area contributed by atoms with Crippen LogP contribution in [0.1, 0.15) is 54.7 Å². The molecule has 0 atom stereocenters. The summed E-state index contributed by atoms with van der Waals surface area (Å²) < 4.78 is 7.60. The number of ether oxygens (including phenoxy) is 1. The van der Waals surface area contributed by atoms with E-state index in [1.807, 2.05) is 37.3 Å². The van der Waals surface area contributed by atoms with Crippen molar-refractivity contribution >= 4 is 5.91 Å². The highest BCUT2D eigenvalue weighted by Crippen LogP contribution is 2.21. The highest BCUT2D eigenvalue weighted by molar-refractivity contribution is 5.93. The van der Waals surface area contributed by atoms with Gasteiger partial charge in [0, 0.05) is 12.6 Å². The van der Waals surface area contributed by atoms with E-state index in [0.29, 0.717) is 11.7 Å². The minimum atomic E-state index is -0.0486. The molecule has 1 amide bonds. The van der Waals surface area contributed by atoms with Crippen LogP contribution in [-0.2, 0) is 0 Å². The Morgan fingerprint density at radius 2 is 1.93 bits per heavy atom. The molecule has 6 heteroatoms. The van der Waals surface area contributed by atoms with Crippen LogP contribution in [0.3, 0.4) is 0 Å². The number of benzene rings is 1. The van der Waals surface area contributed by atoms with Gasteiger partial charge in [0.15, 0.2) is 0 Å². The quantitative estimate of drug-likeness (QED) is 0.712. The van der Waals surface area contributed by atoms with Gasteiger partial charge in [-0.2, -0.15) is 5.10 Å². The maximum absolute atomic E-state index is 12.6. The van der Waals surface area contributed by atoms with E-state index in [1.54, 1.807) is 4.68 Å². The number of hydrogen-bond acceptors (Lipinski definition) is 4. The second kappa shape index (κ2) is 8.78. The lowest BCUT2D eigenvalue weighted by Crippen LogP contribution is -2.40. The van der Waals surface area contributed by atoms with Crippen LogP contribution in [0.2, 0.25) is 0 Å². The summed E-state index contributed by atoms with van der Waals surface area (Å²) in [5, 5.41) is 7.61. The lowest BCUT2D eigenvalue weighted by Gasteiger charge is -2.26. The number of rotatable bonds is 8. The number of nitrogens with zero attached hydrogens (tertiary/aromatic N) is 3. The van der Waals surface area contributed by atoms with Gasteiger partial charge in [-0.25, -0.2) is 4.68 Å². The molecule has 2 heterocycles. The summed E-state index contributed by atoms with van der Waals surface area (Å²) in [6.07, 6.45) is 7.05. The monoisotopic (exact) mass is 382 g/mol. The van der Waals surface area contributed by atoms with Crippen molar-refractivity contribution in [3.63, 3.8) is 0 Å². The van der Waals surface area contributed by atoms with E-state index in [9.17, 15) is 4.79 Å². The molecule has 0 bridgehead atoms. The fourth-order valence-electron chi connectivity index (χ4n) is 3.84. The summed E-state index contributed by atoms with van der Waals surface area (Å²) in [7, 11) is 0. The second-order valence-corrected chi connectivity index (χ2v) is 7.93. The summed E-state index contributed by atoms with van der Waals surface area (Å²) >= 11 is 0. The SMILES string of the molecule is Cc1cc(C(=O)NC2CCC2)n(-c2ccc(OCCCN3CCCC3)cc2)n1. The fraction of sp³-hybridized carbons (Fsp3) is 0.545. The van der Waals surface area contributed by atoms with Gasteiger partial charge in [0.1, 0.15) is 11.4 Å². The van der Waals surface area contributed by atoms with Gasteiger partial charge in [-0.05, 0) is 88.9 Å². The summed E-state index contributed by atoms with van der Waals surface area (Å²) in [6.45, 7) is 6.22. The van der Waals surface area contributed by atoms with Crippen molar-refractivity contribution in [1.82, 2.24) is 20.0 Å². The van der Waals surface area contributed by atoms with Crippen LogP contribution < -0.4 is 10.1 Å². The smallest absolute Gasteiger partial charge is 0.270 e. The Balaban J connectivity index is 1.34.